The van der Waals surface area contributed by atoms with Crippen LogP contribution in [-0.2, 0) is 9.53 Å². The Morgan fingerprint density at radius 1 is 0.618 bits per heavy atom. The first-order chi connectivity index (χ1) is 14.7. The molecule has 34 heavy (non-hydrogen) atoms. The van der Waals surface area contributed by atoms with E-state index in [-0.39, 0.29) is 18.4 Å². The number of hydrogen-bond donors (Lipinski definition) is 0. The van der Waals surface area contributed by atoms with Crippen LogP contribution in [0.4, 0.5) is 74.6 Å². The number of rotatable bonds is 12. The van der Waals surface area contributed by atoms with Crippen molar-refractivity contribution in [2.24, 2.45) is 0 Å². The average Bonchev–Trinajstić information content (AvgIpc) is 2.63. The molecule has 0 radical (unpaired) electrons. The molecule has 20 heteroatoms. The number of carbonyl (C=O) groups excluding carboxylic acids is 1. The first-order valence-electron chi connectivity index (χ1n) is 8.15. The van der Waals surface area contributed by atoms with Crippen LogP contribution in [0.1, 0.15) is 13.3 Å². The van der Waals surface area contributed by atoms with Crippen molar-refractivity contribution in [3.63, 3.8) is 0 Å². The van der Waals surface area contributed by atoms with Crippen LogP contribution in [-0.4, -0.2) is 71.7 Å². The minimum atomic E-state index is -8.64. The summed E-state index contributed by atoms with van der Waals surface area (Å²) in [7, 11) is 0. The lowest BCUT2D eigenvalue weighted by Crippen LogP contribution is -2.74. The highest BCUT2D eigenvalue weighted by molar-refractivity contribution is 7.99. The Morgan fingerprint density at radius 2 is 0.971 bits per heavy atom. The molecule has 0 bridgehead atoms. The topological polar surface area (TPSA) is 26.3 Å². The van der Waals surface area contributed by atoms with Crippen LogP contribution < -0.4 is 0 Å². The average molecular weight is 566 g/mol. The van der Waals surface area contributed by atoms with Gasteiger partial charge in [-0.3, -0.25) is 4.79 Å². The summed E-state index contributed by atoms with van der Waals surface area (Å²) in [6, 6.07) is 0. The molecular weight excluding hydrogens is 555 g/mol. The maximum absolute atomic E-state index is 13.6. The van der Waals surface area contributed by atoms with E-state index in [4.69, 9.17) is 0 Å². The van der Waals surface area contributed by atoms with Gasteiger partial charge in [0, 0.05) is 6.42 Å². The summed E-state index contributed by atoms with van der Waals surface area (Å²) < 4.78 is 226. The molecule has 204 valence electrons. The Morgan fingerprint density at radius 3 is 1.32 bits per heavy atom. The van der Waals surface area contributed by atoms with Gasteiger partial charge in [-0.1, -0.05) is 0 Å². The van der Waals surface area contributed by atoms with Crippen molar-refractivity contribution in [1.29, 1.82) is 0 Å². The predicted octanol–water partition coefficient (Wildman–Crippen LogP) is 6.68. The van der Waals surface area contributed by atoms with Crippen LogP contribution in [0.15, 0.2) is 0 Å². The number of hydrogen-bond acceptors (Lipinski definition) is 3. The predicted molar refractivity (Wildman–Crippen MR) is 79.3 cm³/mol. The summed E-state index contributed by atoms with van der Waals surface area (Å²) in [6.45, 7) is 1.02. The summed E-state index contributed by atoms with van der Waals surface area (Å²) >= 11 is -0.0343. The zero-order valence-corrected chi connectivity index (χ0v) is 16.8. The molecule has 0 aromatic carbocycles. The summed E-state index contributed by atoms with van der Waals surface area (Å²) in [4.78, 5) is 10.9. The molecule has 0 unspecified atom stereocenters. The molecule has 0 heterocycles. The van der Waals surface area contributed by atoms with Crippen LogP contribution in [0.5, 0.6) is 0 Å². The van der Waals surface area contributed by atoms with Gasteiger partial charge in [-0.2, -0.15) is 74.6 Å². The van der Waals surface area contributed by atoms with E-state index in [1.54, 1.807) is 0 Å². The molecule has 0 aliphatic heterocycles. The van der Waals surface area contributed by atoms with Crippen LogP contribution in [0, 0.1) is 0 Å². The molecule has 0 rings (SSSR count). The number of alkyl halides is 17. The van der Waals surface area contributed by atoms with E-state index in [1.807, 2.05) is 0 Å². The fraction of sp³-hybridized carbons (Fsp3) is 0.929. The Balaban J connectivity index is 6.13. The van der Waals surface area contributed by atoms with Crippen molar-refractivity contribution >= 4 is 17.7 Å². The molecule has 0 atom stereocenters. The molecule has 0 saturated heterocycles. The lowest BCUT2D eigenvalue weighted by atomic mass is 9.88. The molecule has 0 fully saturated rings. The molecule has 0 aromatic heterocycles. The minimum Gasteiger partial charge on any atom is -0.465 e. The summed E-state index contributed by atoms with van der Waals surface area (Å²) in [5, 5.41) is 0. The quantitative estimate of drug-likeness (QED) is 0.150. The van der Waals surface area contributed by atoms with Gasteiger partial charge in [-0.15, -0.1) is 11.8 Å². The summed E-state index contributed by atoms with van der Waals surface area (Å²) in [5.74, 6) is -59.8. The maximum Gasteiger partial charge on any atom is 0.460 e. The fourth-order valence-corrected chi connectivity index (χ4v) is 2.71. The van der Waals surface area contributed by atoms with Crippen molar-refractivity contribution in [3.8, 4) is 0 Å². The lowest BCUT2D eigenvalue weighted by Gasteiger charge is -2.42. The standard InChI is InChI=1S/C14H11F17O2S/c1-2-33-6(32)5-34-4-3-7(15,16)8(17,18)9(19,20)10(21,22)11(23,24)12(25,26)13(27,28)14(29,30)31/h2-5H2,1H3. The smallest absolute Gasteiger partial charge is 0.460 e. The molecule has 0 N–H and O–H groups in total. The minimum absolute atomic E-state index is 0.0343. The molecule has 2 nitrogen and oxygen atoms in total. The Labute approximate surface area is 182 Å². The Hall–Kier alpha value is -1.37. The van der Waals surface area contributed by atoms with Crippen molar-refractivity contribution in [2.75, 3.05) is 18.1 Å². The highest BCUT2D eigenvalue weighted by Gasteiger charge is 2.95. The zero-order chi connectivity index (χ0) is 27.8. The molecule has 0 saturated carbocycles. The number of carbonyl (C=O) groups is 1. The largest absolute Gasteiger partial charge is 0.465 e. The van der Waals surface area contributed by atoms with Crippen molar-refractivity contribution in [2.45, 2.75) is 61.0 Å². The van der Waals surface area contributed by atoms with Gasteiger partial charge in [-0.05, 0) is 12.7 Å². The van der Waals surface area contributed by atoms with Crippen LogP contribution >= 0.6 is 11.8 Å². The van der Waals surface area contributed by atoms with Gasteiger partial charge in [0.15, 0.2) is 0 Å². The van der Waals surface area contributed by atoms with Crippen LogP contribution in [0.2, 0.25) is 0 Å². The van der Waals surface area contributed by atoms with Gasteiger partial charge in [0.2, 0.25) is 0 Å². The van der Waals surface area contributed by atoms with E-state index in [0.29, 0.717) is 0 Å². The second-order valence-corrected chi connectivity index (χ2v) is 7.36. The zero-order valence-electron chi connectivity index (χ0n) is 16.0. The molecule has 0 amide bonds. The van der Waals surface area contributed by atoms with E-state index < -0.39 is 71.5 Å². The van der Waals surface area contributed by atoms with E-state index >= 15 is 0 Å². The first kappa shape index (κ1) is 32.6. The van der Waals surface area contributed by atoms with E-state index in [9.17, 15) is 79.4 Å². The highest BCUT2D eigenvalue weighted by atomic mass is 32.2. The van der Waals surface area contributed by atoms with Gasteiger partial charge in [0.1, 0.15) is 0 Å². The molecule has 0 spiro atoms. The second-order valence-electron chi connectivity index (χ2n) is 6.26. The number of halogens is 17. The Bertz CT molecular complexity index is 716. The molecular formula is C14H11F17O2S. The summed E-state index contributed by atoms with van der Waals surface area (Å²) in [6.07, 6.45) is -10.4. The molecule has 0 aromatic rings. The first-order valence-corrected chi connectivity index (χ1v) is 9.31. The number of thioether (sulfide) groups is 1. The third-order valence-corrected chi connectivity index (χ3v) is 4.81. The lowest BCUT2D eigenvalue weighted by molar-refractivity contribution is -0.461. The van der Waals surface area contributed by atoms with Crippen molar-refractivity contribution in [3.05, 3.63) is 0 Å². The van der Waals surface area contributed by atoms with Gasteiger partial charge in [0.25, 0.3) is 0 Å². The van der Waals surface area contributed by atoms with Gasteiger partial charge in [0.05, 0.1) is 12.4 Å². The second kappa shape index (κ2) is 9.59. The number of ether oxygens (including phenoxy) is 1. The van der Waals surface area contributed by atoms with Gasteiger partial charge in [-0.25, -0.2) is 0 Å². The molecule has 0 aliphatic rings. The van der Waals surface area contributed by atoms with Crippen LogP contribution in [0.25, 0.3) is 0 Å². The third-order valence-electron chi connectivity index (χ3n) is 3.87. The Kier molecular flexibility index (Phi) is 9.20. The van der Waals surface area contributed by atoms with Crippen molar-refractivity contribution < 1.29 is 84.2 Å². The monoisotopic (exact) mass is 566 g/mol. The van der Waals surface area contributed by atoms with E-state index in [2.05, 4.69) is 4.74 Å². The third kappa shape index (κ3) is 5.10. The fourth-order valence-electron chi connectivity index (χ4n) is 1.91. The maximum atomic E-state index is 13.6. The number of esters is 1. The van der Waals surface area contributed by atoms with Crippen LogP contribution in [0.3, 0.4) is 0 Å². The highest BCUT2D eigenvalue weighted by Crippen LogP contribution is 2.64. The van der Waals surface area contributed by atoms with Gasteiger partial charge < -0.3 is 4.74 Å². The summed E-state index contributed by atoms with van der Waals surface area (Å²) in [5.41, 5.74) is 0. The molecule has 0 aliphatic carbocycles. The SMILES string of the molecule is CCOC(=O)CSCCC(F)(F)C(F)(F)C(F)(F)C(F)(F)C(F)(F)C(F)(F)C(F)(F)C(F)(F)F. The van der Waals surface area contributed by atoms with Crippen molar-refractivity contribution in [1.82, 2.24) is 0 Å². The normalized spacial score (nSPS) is 15.5. The van der Waals surface area contributed by atoms with E-state index in [1.165, 1.54) is 6.92 Å². The van der Waals surface area contributed by atoms with E-state index in [0.717, 1.165) is 0 Å². The van der Waals surface area contributed by atoms with Gasteiger partial charge >= 0.3 is 53.6 Å².